The van der Waals surface area contributed by atoms with Crippen molar-refractivity contribution in [2.24, 2.45) is 0 Å². The fourth-order valence-electron chi connectivity index (χ4n) is 1.70. The van der Waals surface area contributed by atoms with E-state index in [4.69, 9.17) is 58.0 Å². The zero-order chi connectivity index (χ0) is 15.9. The summed E-state index contributed by atoms with van der Waals surface area (Å²) < 4.78 is 14.3. The Morgan fingerprint density at radius 2 is 1.38 bits per heavy atom. The fourth-order valence-corrected chi connectivity index (χ4v) is 3.04. The summed E-state index contributed by atoms with van der Waals surface area (Å²) in [7, 11) is 0. The van der Waals surface area contributed by atoms with Crippen molar-refractivity contribution in [3.63, 3.8) is 0 Å². The van der Waals surface area contributed by atoms with Gasteiger partial charge in [-0.2, -0.15) is 4.39 Å². The molecule has 0 aliphatic carbocycles. The van der Waals surface area contributed by atoms with Gasteiger partial charge in [-0.1, -0.05) is 70.1 Å². The van der Waals surface area contributed by atoms with Crippen molar-refractivity contribution in [3.8, 4) is 11.1 Å². The molecule has 0 N–H and O–H groups in total. The molecule has 2 rings (SSSR count). The van der Waals surface area contributed by atoms with E-state index in [9.17, 15) is 14.5 Å². The minimum Gasteiger partial charge on any atom is -0.258 e. The van der Waals surface area contributed by atoms with E-state index in [-0.39, 0.29) is 36.2 Å². The molecule has 0 aromatic heterocycles. The number of nitro benzene ring substituents is 1. The van der Waals surface area contributed by atoms with Gasteiger partial charge in [0.25, 0.3) is 0 Å². The van der Waals surface area contributed by atoms with Gasteiger partial charge < -0.3 is 0 Å². The fraction of sp³-hybridized carbons (Fsp3) is 0. The van der Waals surface area contributed by atoms with Gasteiger partial charge in [0, 0.05) is 17.2 Å². The van der Waals surface area contributed by atoms with Crippen molar-refractivity contribution in [2.75, 3.05) is 0 Å². The van der Waals surface area contributed by atoms with Crippen LogP contribution in [0.25, 0.3) is 11.1 Å². The number of rotatable bonds is 2. The Kier molecular flexibility index (Phi) is 4.85. The third-order valence-electron chi connectivity index (χ3n) is 2.65. The van der Waals surface area contributed by atoms with E-state index in [2.05, 4.69) is 0 Å². The van der Waals surface area contributed by atoms with Crippen molar-refractivity contribution in [2.45, 2.75) is 0 Å². The zero-order valence-corrected chi connectivity index (χ0v) is 13.5. The maximum absolute atomic E-state index is 14.3. The molecule has 9 heteroatoms. The van der Waals surface area contributed by atoms with Gasteiger partial charge in [-0.05, 0) is 0 Å². The number of halogens is 6. The highest BCUT2D eigenvalue weighted by Crippen LogP contribution is 2.49. The summed E-state index contributed by atoms with van der Waals surface area (Å²) >= 11 is 29.7. The van der Waals surface area contributed by atoms with E-state index in [1.807, 2.05) is 0 Å². The van der Waals surface area contributed by atoms with Crippen LogP contribution in [0.1, 0.15) is 0 Å². The number of benzene rings is 2. The van der Waals surface area contributed by atoms with E-state index in [1.165, 1.54) is 12.1 Å². The number of nitrogens with zero attached hydrogens (tertiary/aromatic N) is 1. The molecule has 2 aromatic carbocycles. The Bertz CT molecular complexity index is 737. The Morgan fingerprint density at radius 1 is 0.905 bits per heavy atom. The first-order valence-corrected chi connectivity index (χ1v) is 7.11. The monoisotopic (exact) mass is 387 g/mol. The van der Waals surface area contributed by atoms with Crippen LogP contribution in [0.2, 0.25) is 25.1 Å². The van der Waals surface area contributed by atoms with Crippen molar-refractivity contribution in [1.82, 2.24) is 0 Å². The summed E-state index contributed by atoms with van der Waals surface area (Å²) in [6.07, 6.45) is 0. The van der Waals surface area contributed by atoms with Gasteiger partial charge >= 0.3 is 5.69 Å². The summed E-state index contributed by atoms with van der Waals surface area (Å²) in [6, 6.07) is 3.58. The first-order chi connectivity index (χ1) is 9.77. The van der Waals surface area contributed by atoms with Crippen LogP contribution in [-0.4, -0.2) is 4.92 Å². The molecule has 0 atom stereocenters. The molecule has 2 aromatic rings. The lowest BCUT2D eigenvalue weighted by Crippen LogP contribution is -1.96. The van der Waals surface area contributed by atoms with Gasteiger partial charge in [-0.3, -0.25) is 10.1 Å². The molecular weight excluding hydrogens is 386 g/mol. The van der Waals surface area contributed by atoms with Gasteiger partial charge in [-0.25, -0.2) is 0 Å². The molecule has 0 saturated carbocycles. The van der Waals surface area contributed by atoms with Crippen molar-refractivity contribution in [3.05, 3.63) is 59.2 Å². The summed E-state index contributed by atoms with van der Waals surface area (Å²) in [4.78, 5) is 9.93. The van der Waals surface area contributed by atoms with Gasteiger partial charge in [0.2, 0.25) is 5.82 Å². The number of nitro groups is 1. The maximum Gasteiger partial charge on any atom is 0.305 e. The average molecular weight is 389 g/mol. The molecule has 0 spiro atoms. The van der Waals surface area contributed by atoms with Crippen LogP contribution in [0.15, 0.2) is 18.2 Å². The lowest BCUT2D eigenvalue weighted by molar-refractivity contribution is -0.387. The molecule has 110 valence electrons. The third-order valence-corrected chi connectivity index (χ3v) is 4.93. The minimum absolute atomic E-state index is 0.0565. The van der Waals surface area contributed by atoms with Crippen LogP contribution < -0.4 is 0 Å². The average Bonchev–Trinajstić information content (AvgIpc) is 2.44. The van der Waals surface area contributed by atoms with Gasteiger partial charge in [0.1, 0.15) is 0 Å². The highest BCUT2D eigenvalue weighted by atomic mass is 35.5. The predicted octanol–water partition coefficient (Wildman–Crippen LogP) is 6.67. The first-order valence-electron chi connectivity index (χ1n) is 5.22. The molecule has 21 heavy (non-hydrogen) atoms. The Labute approximate surface area is 143 Å². The largest absolute Gasteiger partial charge is 0.305 e. The number of hydrogen-bond acceptors (Lipinski definition) is 2. The Hall–Kier alpha value is -0.780. The minimum atomic E-state index is -1.10. The zero-order valence-electron chi connectivity index (χ0n) is 9.76. The van der Waals surface area contributed by atoms with Crippen LogP contribution >= 0.6 is 58.0 Å². The molecule has 0 saturated heterocycles. The van der Waals surface area contributed by atoms with E-state index < -0.39 is 16.4 Å². The SMILES string of the molecule is O=[N+]([O-])c1cccc(-c2c(Cl)c(Cl)c(Cl)c(Cl)c2Cl)c1F. The summed E-state index contributed by atoms with van der Waals surface area (Å²) in [5.41, 5.74) is -0.972. The van der Waals surface area contributed by atoms with E-state index >= 15 is 0 Å². The second-order valence-electron chi connectivity index (χ2n) is 3.84. The first kappa shape index (κ1) is 16.6. The van der Waals surface area contributed by atoms with Gasteiger partial charge in [0.15, 0.2) is 0 Å². The van der Waals surface area contributed by atoms with E-state index in [0.717, 1.165) is 6.07 Å². The quantitative estimate of drug-likeness (QED) is 0.249. The standard InChI is InChI=1S/C12H3Cl5FNO2/c13-7-6(8(14)10(16)11(17)9(7)15)4-2-1-3-5(12(4)18)19(20)21/h1-3H. The normalized spacial score (nSPS) is 10.8. The molecular formula is C12H3Cl5FNO2. The second kappa shape index (κ2) is 6.15. The van der Waals surface area contributed by atoms with E-state index in [1.54, 1.807) is 0 Å². The van der Waals surface area contributed by atoms with Gasteiger partial charge in [-0.15, -0.1) is 0 Å². The summed E-state index contributed by atoms with van der Waals surface area (Å²) in [6.45, 7) is 0. The van der Waals surface area contributed by atoms with Crippen LogP contribution in [-0.2, 0) is 0 Å². The summed E-state index contributed by atoms with van der Waals surface area (Å²) in [5.74, 6) is -1.10. The molecule has 0 aliphatic heterocycles. The molecule has 3 nitrogen and oxygen atoms in total. The van der Waals surface area contributed by atoms with Gasteiger partial charge in [0.05, 0.1) is 30.0 Å². The lowest BCUT2D eigenvalue weighted by Gasteiger charge is -2.13. The molecule has 0 bridgehead atoms. The third kappa shape index (κ3) is 2.79. The topological polar surface area (TPSA) is 43.1 Å². The Balaban J connectivity index is 2.86. The highest BCUT2D eigenvalue weighted by Gasteiger charge is 2.25. The molecule has 0 aliphatic rings. The smallest absolute Gasteiger partial charge is 0.258 e. The molecule has 0 unspecified atom stereocenters. The molecule has 0 radical (unpaired) electrons. The highest BCUT2D eigenvalue weighted by molar-refractivity contribution is 6.56. The van der Waals surface area contributed by atoms with Crippen LogP contribution in [0.4, 0.5) is 10.1 Å². The maximum atomic E-state index is 14.3. The van der Waals surface area contributed by atoms with Crippen molar-refractivity contribution >= 4 is 63.7 Å². The van der Waals surface area contributed by atoms with Crippen LogP contribution in [0, 0.1) is 15.9 Å². The molecule has 0 fully saturated rings. The summed E-state index contributed by atoms with van der Waals surface area (Å²) in [5, 5.41) is 10.2. The predicted molar refractivity (Wildman–Crippen MR) is 83.5 cm³/mol. The van der Waals surface area contributed by atoms with Crippen molar-refractivity contribution < 1.29 is 9.31 Å². The number of hydrogen-bond donors (Lipinski definition) is 0. The molecule has 0 amide bonds. The van der Waals surface area contributed by atoms with Crippen molar-refractivity contribution in [1.29, 1.82) is 0 Å². The van der Waals surface area contributed by atoms with Crippen LogP contribution in [0.3, 0.4) is 0 Å². The molecule has 0 heterocycles. The Morgan fingerprint density at radius 3 is 1.86 bits per heavy atom. The van der Waals surface area contributed by atoms with E-state index in [0.29, 0.717) is 0 Å². The second-order valence-corrected chi connectivity index (χ2v) is 5.73. The lowest BCUT2D eigenvalue weighted by atomic mass is 10.0. The van der Waals surface area contributed by atoms with Crippen LogP contribution in [0.5, 0.6) is 0 Å².